The third kappa shape index (κ3) is 3.71. The number of ether oxygens (including phenoxy) is 3. The van der Waals surface area contributed by atoms with Crippen LogP contribution in [0, 0.1) is 10.1 Å². The smallest absolute Gasteiger partial charge is 0.271 e. The number of nitro groups is 1. The zero-order valence-corrected chi connectivity index (χ0v) is 17.9. The average molecular weight is 434 g/mol. The summed E-state index contributed by atoms with van der Waals surface area (Å²) in [5.41, 5.74) is 2.88. The number of carbonyl (C=O) groups excluding carboxylic acids is 1. The normalized spacial score (nSPS) is 15.2. The van der Waals surface area contributed by atoms with Gasteiger partial charge in [0.05, 0.1) is 44.4 Å². The lowest BCUT2D eigenvalue weighted by molar-refractivity contribution is -0.384. The van der Waals surface area contributed by atoms with E-state index in [2.05, 4.69) is 0 Å². The first-order chi connectivity index (χ1) is 15.5. The van der Waals surface area contributed by atoms with Crippen LogP contribution >= 0.6 is 0 Å². The number of fused-ring (bicyclic) bond motifs is 1. The quantitative estimate of drug-likeness (QED) is 0.424. The van der Waals surface area contributed by atoms with Gasteiger partial charge in [-0.1, -0.05) is 18.2 Å². The van der Waals surface area contributed by atoms with Gasteiger partial charge in [-0.2, -0.15) is 0 Å². The van der Waals surface area contributed by atoms with Gasteiger partial charge in [0.15, 0.2) is 11.5 Å². The van der Waals surface area contributed by atoms with Crippen molar-refractivity contribution in [2.75, 3.05) is 26.2 Å². The lowest BCUT2D eigenvalue weighted by Crippen LogP contribution is -2.41. The lowest BCUT2D eigenvalue weighted by Gasteiger charge is -2.38. The first-order valence-electron chi connectivity index (χ1n) is 9.92. The third-order valence-corrected chi connectivity index (χ3v) is 5.56. The molecule has 4 rings (SSSR count). The van der Waals surface area contributed by atoms with Crippen LogP contribution in [0.25, 0.3) is 0 Å². The number of rotatable bonds is 6. The second kappa shape index (κ2) is 8.58. The van der Waals surface area contributed by atoms with Crippen molar-refractivity contribution in [1.82, 2.24) is 0 Å². The molecular weight excluding hydrogens is 412 g/mol. The Hall–Kier alpha value is -4.07. The van der Waals surface area contributed by atoms with Gasteiger partial charge in [-0.05, 0) is 47.0 Å². The molecule has 1 aliphatic heterocycles. The summed E-state index contributed by atoms with van der Waals surface area (Å²) >= 11 is 0. The molecule has 1 atom stereocenters. The summed E-state index contributed by atoms with van der Waals surface area (Å²) < 4.78 is 16.2. The first-order valence-corrected chi connectivity index (χ1v) is 9.92. The molecule has 0 N–H and O–H groups in total. The minimum atomic E-state index is -0.515. The fourth-order valence-corrected chi connectivity index (χ4v) is 4.04. The van der Waals surface area contributed by atoms with Crippen LogP contribution in [0.15, 0.2) is 60.7 Å². The van der Waals surface area contributed by atoms with E-state index >= 15 is 0 Å². The first kappa shape index (κ1) is 21.2. The molecule has 8 nitrogen and oxygen atoms in total. The lowest BCUT2D eigenvalue weighted by atomic mass is 9.86. The molecule has 0 spiro atoms. The highest BCUT2D eigenvalue weighted by Gasteiger charge is 2.36. The number of non-ortho nitro benzene ring substituents is 1. The third-order valence-electron chi connectivity index (χ3n) is 5.56. The largest absolute Gasteiger partial charge is 0.497 e. The number of nitrogens with zero attached hydrogens (tertiary/aromatic N) is 2. The Morgan fingerprint density at radius 3 is 2.25 bits per heavy atom. The van der Waals surface area contributed by atoms with Crippen LogP contribution in [0.1, 0.15) is 22.7 Å². The molecule has 0 radical (unpaired) electrons. The Morgan fingerprint density at radius 2 is 1.62 bits per heavy atom. The molecule has 0 aromatic heterocycles. The summed E-state index contributed by atoms with van der Waals surface area (Å²) in [4.78, 5) is 25.8. The van der Waals surface area contributed by atoms with Crippen molar-refractivity contribution in [3.05, 3.63) is 87.5 Å². The highest BCUT2D eigenvalue weighted by Crippen LogP contribution is 2.43. The average Bonchev–Trinajstić information content (AvgIpc) is 2.82. The van der Waals surface area contributed by atoms with Gasteiger partial charge in [0, 0.05) is 12.1 Å². The fraction of sp³-hybridized carbons (Fsp3) is 0.208. The van der Waals surface area contributed by atoms with Crippen LogP contribution in [-0.2, 0) is 11.2 Å². The van der Waals surface area contributed by atoms with Gasteiger partial charge in [-0.25, -0.2) is 0 Å². The van der Waals surface area contributed by atoms with Crippen molar-refractivity contribution >= 4 is 17.3 Å². The molecule has 164 valence electrons. The van der Waals surface area contributed by atoms with Crippen molar-refractivity contribution in [1.29, 1.82) is 0 Å². The number of hydrogen-bond acceptors (Lipinski definition) is 6. The molecule has 0 fully saturated rings. The van der Waals surface area contributed by atoms with Crippen molar-refractivity contribution in [2.24, 2.45) is 0 Å². The van der Waals surface area contributed by atoms with Crippen LogP contribution in [0.2, 0.25) is 0 Å². The standard InChI is InChI=1S/C24H22N2O6/c1-30-19-9-7-15(8-10-19)24-20-14-22(32-3)21(31-2)11-16(20)12-23(27)25(24)17-5-4-6-18(13-17)26(28)29/h4-11,13-14,24H,12H2,1-3H3. The molecule has 0 saturated heterocycles. The Morgan fingerprint density at radius 1 is 0.938 bits per heavy atom. The summed E-state index contributed by atoms with van der Waals surface area (Å²) in [5, 5.41) is 11.3. The molecule has 1 unspecified atom stereocenters. The predicted molar refractivity (Wildman–Crippen MR) is 119 cm³/mol. The van der Waals surface area contributed by atoms with E-state index in [-0.39, 0.29) is 18.0 Å². The Balaban J connectivity index is 1.93. The van der Waals surface area contributed by atoms with Gasteiger partial charge in [0.25, 0.3) is 5.69 Å². The SMILES string of the molecule is COc1ccc(C2c3cc(OC)c(OC)cc3CC(=O)N2c2cccc([N+](=O)[O-])c2)cc1. The van der Waals surface area contributed by atoms with Crippen LogP contribution in [0.5, 0.6) is 17.2 Å². The number of amides is 1. The molecule has 1 aliphatic rings. The van der Waals surface area contributed by atoms with Gasteiger partial charge in [-0.3, -0.25) is 14.9 Å². The van der Waals surface area contributed by atoms with Crippen LogP contribution in [-0.4, -0.2) is 32.2 Å². The van der Waals surface area contributed by atoms with E-state index in [1.807, 2.05) is 36.4 Å². The number of hydrogen-bond donors (Lipinski definition) is 0. The van der Waals surface area contributed by atoms with Crippen LogP contribution < -0.4 is 19.1 Å². The second-order valence-corrected chi connectivity index (χ2v) is 7.30. The zero-order valence-electron chi connectivity index (χ0n) is 17.9. The van der Waals surface area contributed by atoms with E-state index in [0.717, 1.165) is 16.7 Å². The second-order valence-electron chi connectivity index (χ2n) is 7.30. The van der Waals surface area contributed by atoms with Crippen molar-refractivity contribution < 1.29 is 23.9 Å². The van der Waals surface area contributed by atoms with Gasteiger partial charge in [0.1, 0.15) is 5.75 Å². The number of anilines is 1. The summed E-state index contributed by atoms with van der Waals surface area (Å²) in [6, 6.07) is 16.7. The molecule has 0 aliphatic carbocycles. The monoisotopic (exact) mass is 434 g/mol. The van der Waals surface area contributed by atoms with Gasteiger partial charge in [-0.15, -0.1) is 0 Å². The molecule has 0 saturated carbocycles. The van der Waals surface area contributed by atoms with E-state index in [1.165, 1.54) is 12.1 Å². The maximum atomic E-state index is 13.4. The van der Waals surface area contributed by atoms with E-state index < -0.39 is 11.0 Å². The molecule has 3 aromatic carbocycles. The summed E-state index contributed by atoms with van der Waals surface area (Å²) in [6.45, 7) is 0. The van der Waals surface area contributed by atoms with Gasteiger partial charge >= 0.3 is 0 Å². The van der Waals surface area contributed by atoms with Crippen LogP contribution in [0.4, 0.5) is 11.4 Å². The van der Waals surface area contributed by atoms with Gasteiger partial charge < -0.3 is 19.1 Å². The number of carbonyl (C=O) groups is 1. The van der Waals surface area contributed by atoms with E-state index in [0.29, 0.717) is 22.9 Å². The maximum Gasteiger partial charge on any atom is 0.271 e. The van der Waals surface area contributed by atoms with E-state index in [4.69, 9.17) is 14.2 Å². The van der Waals surface area contributed by atoms with Crippen molar-refractivity contribution in [3.8, 4) is 17.2 Å². The van der Waals surface area contributed by atoms with Crippen LogP contribution in [0.3, 0.4) is 0 Å². The molecule has 1 heterocycles. The van der Waals surface area contributed by atoms with E-state index in [9.17, 15) is 14.9 Å². The summed E-state index contributed by atoms with van der Waals surface area (Å²) in [6.07, 6.45) is 0.130. The Labute approximate surface area is 185 Å². The molecule has 0 bridgehead atoms. The zero-order chi connectivity index (χ0) is 22.8. The summed E-state index contributed by atoms with van der Waals surface area (Å²) in [5.74, 6) is 1.59. The number of nitro benzene ring substituents is 1. The fourth-order valence-electron chi connectivity index (χ4n) is 4.04. The minimum absolute atomic E-state index is 0.0816. The Kier molecular flexibility index (Phi) is 5.68. The van der Waals surface area contributed by atoms with Gasteiger partial charge in [0.2, 0.25) is 5.91 Å². The number of benzene rings is 3. The number of methoxy groups -OCH3 is 3. The maximum absolute atomic E-state index is 13.4. The molecule has 1 amide bonds. The topological polar surface area (TPSA) is 91.1 Å². The molecule has 32 heavy (non-hydrogen) atoms. The molecule has 3 aromatic rings. The molecule has 8 heteroatoms. The highest BCUT2D eigenvalue weighted by atomic mass is 16.6. The minimum Gasteiger partial charge on any atom is -0.497 e. The van der Waals surface area contributed by atoms with E-state index in [1.54, 1.807) is 38.4 Å². The Bertz CT molecular complexity index is 1180. The predicted octanol–water partition coefficient (Wildman–Crippen LogP) is 4.30. The molecular formula is C24H22N2O6. The summed E-state index contributed by atoms with van der Waals surface area (Å²) in [7, 11) is 4.69. The highest BCUT2D eigenvalue weighted by molar-refractivity contribution is 5.98. The van der Waals surface area contributed by atoms with Crippen molar-refractivity contribution in [3.63, 3.8) is 0 Å². The van der Waals surface area contributed by atoms with Crippen molar-refractivity contribution in [2.45, 2.75) is 12.5 Å².